The van der Waals surface area contributed by atoms with Crippen molar-refractivity contribution in [1.29, 1.82) is 0 Å². The van der Waals surface area contributed by atoms with Crippen LogP contribution in [0.5, 0.6) is 0 Å². The van der Waals surface area contributed by atoms with Crippen LogP contribution >= 0.6 is 13.6 Å². The normalized spacial score (nSPS) is 9.07. The first-order chi connectivity index (χ1) is 7.36. The fourth-order valence-electron chi connectivity index (χ4n) is 1.22. The molecule has 0 nitrogen and oxygen atoms in total. The van der Waals surface area contributed by atoms with E-state index in [4.69, 9.17) is 0 Å². The van der Waals surface area contributed by atoms with Crippen LogP contribution in [0.1, 0.15) is 0 Å². The van der Waals surface area contributed by atoms with E-state index in [0.717, 1.165) is 11.1 Å². The average molecular weight is 316 g/mol. The summed E-state index contributed by atoms with van der Waals surface area (Å²) in [5.74, 6) is -0.203. The first-order valence-corrected chi connectivity index (χ1v) is 11.3. The molecule has 3 heteroatoms. The van der Waals surface area contributed by atoms with E-state index < -0.39 is 0 Å². The van der Waals surface area contributed by atoms with Crippen molar-refractivity contribution in [1.82, 2.24) is 0 Å². The molecule has 0 heterocycles. The van der Waals surface area contributed by atoms with Gasteiger partial charge >= 0.3 is 30.0 Å². The van der Waals surface area contributed by atoms with Gasteiger partial charge in [0.15, 0.2) is 0 Å². The third-order valence-corrected chi connectivity index (χ3v) is 1.90. The zero-order chi connectivity index (χ0) is 11.1. The van der Waals surface area contributed by atoms with E-state index in [1.54, 1.807) is 12.1 Å². The Morgan fingerprint density at radius 3 is 1.87 bits per heavy atom. The van der Waals surface area contributed by atoms with Crippen LogP contribution < -0.4 is 0 Å². The fraction of sp³-hybridized carbons (Fsp3) is 0. The van der Waals surface area contributed by atoms with Crippen LogP contribution in [0, 0.1) is 11.9 Å². The number of hydrogen-bond donors (Lipinski definition) is 0. The van der Waals surface area contributed by atoms with Crippen LogP contribution in [0.25, 0.3) is 11.1 Å². The second-order valence-corrected chi connectivity index (χ2v) is 2.80. The fourth-order valence-corrected chi connectivity index (χ4v) is 1.22. The van der Waals surface area contributed by atoms with Crippen molar-refractivity contribution >= 4 is 13.6 Å². The van der Waals surface area contributed by atoms with Crippen LogP contribution in [0.3, 0.4) is 0 Å². The molecular weight excluding hydrogens is 308 g/mol. The second-order valence-electron chi connectivity index (χ2n) is 2.80. The minimum atomic E-state index is -0.203. The van der Waals surface area contributed by atoms with Gasteiger partial charge in [-0.1, -0.05) is 12.1 Å². The quantitative estimate of drug-likeness (QED) is 0.548. The summed E-state index contributed by atoms with van der Waals surface area (Å²) >= 11 is 4.25. The van der Waals surface area contributed by atoms with Crippen LogP contribution in [0.4, 0.5) is 4.39 Å². The van der Waals surface area contributed by atoms with Gasteiger partial charge < -0.3 is 0 Å². The molecule has 2 aromatic rings. The Kier molecular flexibility index (Phi) is 5.74. The van der Waals surface area contributed by atoms with Crippen LogP contribution in [0.15, 0.2) is 48.5 Å². The van der Waals surface area contributed by atoms with E-state index in [-0.39, 0.29) is 5.82 Å². The van der Waals surface area contributed by atoms with Crippen molar-refractivity contribution in [2.24, 2.45) is 0 Å². The molecule has 2 rings (SSSR count). The van der Waals surface area contributed by atoms with Gasteiger partial charge in [0.2, 0.25) is 0 Å². The van der Waals surface area contributed by atoms with Gasteiger partial charge in [0.25, 0.3) is 0 Å². The number of halogens is 2. The van der Waals surface area contributed by atoms with Gasteiger partial charge in [0, 0.05) is 0 Å². The van der Waals surface area contributed by atoms with E-state index in [2.05, 4.69) is 19.7 Å². The summed E-state index contributed by atoms with van der Waals surface area (Å²) in [6.07, 6.45) is 0. The zero-order valence-corrected chi connectivity index (χ0v) is 12.6. The minimum absolute atomic E-state index is 0.203. The van der Waals surface area contributed by atoms with E-state index in [0.29, 0.717) is 0 Å². The number of benzene rings is 2. The first-order valence-electron chi connectivity index (χ1n) is 4.35. The Bertz CT molecular complexity index is 386. The predicted octanol–water partition coefficient (Wildman–Crippen LogP) is 4.14. The Morgan fingerprint density at radius 1 is 0.867 bits per heavy atom. The second kappa shape index (κ2) is 6.87. The molecule has 0 aliphatic rings. The van der Waals surface area contributed by atoms with Gasteiger partial charge in [-0.2, -0.15) is 30.3 Å². The van der Waals surface area contributed by atoms with Crippen molar-refractivity contribution in [3.63, 3.8) is 0 Å². The molecule has 0 radical (unpaired) electrons. The Hall–Kier alpha value is -0.527. The summed E-state index contributed by atoms with van der Waals surface area (Å²) in [4.78, 5) is 0. The summed E-state index contributed by atoms with van der Waals surface area (Å²) in [6.45, 7) is 0. The molecule has 0 N–H and O–H groups in total. The predicted molar refractivity (Wildman–Crippen MR) is 59.6 cm³/mol. The van der Waals surface area contributed by atoms with E-state index in [1.165, 1.54) is 28.5 Å². The molecule has 2 aromatic carbocycles. The molecule has 0 bridgehead atoms. The van der Waals surface area contributed by atoms with Crippen LogP contribution in [0.2, 0.25) is 0 Å². The summed E-state index contributed by atoms with van der Waals surface area (Å²) in [7, 11) is 0. The van der Waals surface area contributed by atoms with Crippen molar-refractivity contribution in [2.45, 2.75) is 0 Å². The summed E-state index contributed by atoms with van der Waals surface area (Å²) < 4.78 is 12.6. The number of hydrogen-bond acceptors (Lipinski definition) is 0. The van der Waals surface area contributed by atoms with Crippen LogP contribution in [-0.2, 0) is 16.3 Å². The van der Waals surface area contributed by atoms with Crippen LogP contribution in [-0.4, -0.2) is 0 Å². The standard InChI is InChI=1S/C12H8F.BrH.Zn/c13-12-8-6-11(7-9-12)10-4-2-1-3-5-10;;/h2-9H;1H;/q-1;;+2/p-1. The van der Waals surface area contributed by atoms with E-state index >= 15 is 0 Å². The number of rotatable bonds is 1. The van der Waals surface area contributed by atoms with Gasteiger partial charge in [0.05, 0.1) is 0 Å². The molecule has 0 amide bonds. The third-order valence-electron chi connectivity index (χ3n) is 1.90. The Labute approximate surface area is 106 Å². The molecule has 0 saturated heterocycles. The summed E-state index contributed by atoms with van der Waals surface area (Å²) in [5, 5.41) is 0. The van der Waals surface area contributed by atoms with E-state index in [9.17, 15) is 4.39 Å². The van der Waals surface area contributed by atoms with Crippen molar-refractivity contribution in [3.05, 3.63) is 60.4 Å². The molecule has 0 saturated carbocycles. The molecule has 0 aliphatic heterocycles. The zero-order valence-electron chi connectivity index (χ0n) is 8.08. The van der Waals surface area contributed by atoms with Gasteiger partial charge in [-0.25, -0.2) is 4.39 Å². The third kappa shape index (κ3) is 3.85. The van der Waals surface area contributed by atoms with Gasteiger partial charge in [-0.05, 0) is 17.7 Å². The molecule has 0 aromatic heterocycles. The molecule has 0 unspecified atom stereocenters. The monoisotopic (exact) mass is 314 g/mol. The SMILES string of the molecule is Fc1ccc(-c2cc[c-]cc2)cc1.[Zn+][Br]. The molecular formula is C12H8BrFZn. The molecule has 0 fully saturated rings. The van der Waals surface area contributed by atoms with Crippen molar-refractivity contribution in [3.8, 4) is 11.1 Å². The maximum atomic E-state index is 12.6. The van der Waals surface area contributed by atoms with E-state index in [1.807, 2.05) is 24.3 Å². The molecule has 0 spiro atoms. The maximum absolute atomic E-state index is 12.6. The summed E-state index contributed by atoms with van der Waals surface area (Å²) in [6, 6.07) is 17.0. The Morgan fingerprint density at radius 2 is 1.33 bits per heavy atom. The molecule has 0 atom stereocenters. The molecule has 15 heavy (non-hydrogen) atoms. The van der Waals surface area contributed by atoms with Gasteiger partial charge in [-0.3, -0.25) is 0 Å². The molecule has 72 valence electrons. The first kappa shape index (κ1) is 12.5. The topological polar surface area (TPSA) is 0 Å². The average Bonchev–Trinajstić information content (AvgIpc) is 2.34. The van der Waals surface area contributed by atoms with Crippen molar-refractivity contribution < 1.29 is 20.7 Å². The van der Waals surface area contributed by atoms with Crippen molar-refractivity contribution in [2.75, 3.05) is 0 Å². The van der Waals surface area contributed by atoms with Gasteiger partial charge in [0.1, 0.15) is 5.82 Å². The van der Waals surface area contributed by atoms with Gasteiger partial charge in [-0.15, -0.1) is 5.56 Å². The molecule has 0 aliphatic carbocycles. The summed E-state index contributed by atoms with van der Waals surface area (Å²) in [5.41, 5.74) is 2.11. The Balaban J connectivity index is 0.000000531.